The molecule has 2 N–H and O–H groups in total. The molecule has 0 bridgehead atoms. The van der Waals surface area contributed by atoms with E-state index in [-0.39, 0.29) is 24.0 Å². The molecule has 0 unspecified atom stereocenters. The fraction of sp³-hybridized carbons (Fsp3) is 0.368. The van der Waals surface area contributed by atoms with E-state index in [1.54, 1.807) is 14.2 Å². The van der Waals surface area contributed by atoms with E-state index in [1.165, 1.54) is 11.1 Å². The molecule has 0 amide bonds. The number of guanidine groups is 1. The average Bonchev–Trinajstić information content (AvgIpc) is 2.65. The number of nitrogens with one attached hydrogen (secondary N) is 2. The summed E-state index contributed by atoms with van der Waals surface area (Å²) in [7, 11) is 3.41. The third-order valence-corrected chi connectivity index (χ3v) is 3.77. The van der Waals surface area contributed by atoms with Gasteiger partial charge in [-0.3, -0.25) is 9.98 Å². The van der Waals surface area contributed by atoms with Crippen molar-refractivity contribution < 1.29 is 9.47 Å². The molecule has 0 fully saturated rings. The summed E-state index contributed by atoms with van der Waals surface area (Å²) < 4.78 is 10.8. The van der Waals surface area contributed by atoms with Crippen LogP contribution >= 0.6 is 24.0 Å². The van der Waals surface area contributed by atoms with Crippen molar-refractivity contribution >= 4 is 29.9 Å². The minimum Gasteiger partial charge on any atom is -0.497 e. The van der Waals surface area contributed by atoms with E-state index in [0.29, 0.717) is 13.2 Å². The van der Waals surface area contributed by atoms with E-state index in [0.717, 1.165) is 30.4 Å². The van der Waals surface area contributed by atoms with E-state index >= 15 is 0 Å². The molecule has 1 aromatic heterocycles. The number of aromatic nitrogens is 1. The lowest BCUT2D eigenvalue weighted by molar-refractivity contribution is 0.321. The van der Waals surface area contributed by atoms with E-state index in [9.17, 15) is 0 Å². The quantitative estimate of drug-likeness (QED) is 0.269. The third kappa shape index (κ3) is 7.47. The highest BCUT2D eigenvalue weighted by atomic mass is 127. The molecular formula is C19H27IN4O2. The Kier molecular flexibility index (Phi) is 10.5. The van der Waals surface area contributed by atoms with Crippen molar-refractivity contribution in [3.8, 4) is 11.5 Å². The van der Waals surface area contributed by atoms with Gasteiger partial charge in [-0.15, -0.1) is 24.0 Å². The van der Waals surface area contributed by atoms with Gasteiger partial charge in [-0.05, 0) is 54.8 Å². The maximum Gasteiger partial charge on any atom is 0.191 e. The Hall–Kier alpha value is -2.03. The van der Waals surface area contributed by atoms with Gasteiger partial charge in [0.15, 0.2) is 5.96 Å². The number of hydrogen-bond donors (Lipinski definition) is 2. The Labute approximate surface area is 172 Å². The topological polar surface area (TPSA) is 67.8 Å². The largest absolute Gasteiger partial charge is 0.497 e. The molecule has 0 aliphatic heterocycles. The van der Waals surface area contributed by atoms with E-state index in [4.69, 9.17) is 9.47 Å². The highest BCUT2D eigenvalue weighted by Gasteiger charge is 2.01. The van der Waals surface area contributed by atoms with Crippen LogP contribution in [0.5, 0.6) is 11.5 Å². The summed E-state index contributed by atoms with van der Waals surface area (Å²) in [5, 5.41) is 6.55. The molecule has 0 radical (unpaired) electrons. The molecular weight excluding hydrogens is 443 g/mol. The van der Waals surface area contributed by atoms with Gasteiger partial charge in [0.1, 0.15) is 18.1 Å². The molecule has 0 aliphatic rings. The van der Waals surface area contributed by atoms with Crippen LogP contribution in [0.3, 0.4) is 0 Å². The van der Waals surface area contributed by atoms with Gasteiger partial charge < -0.3 is 20.1 Å². The van der Waals surface area contributed by atoms with Gasteiger partial charge in [0.05, 0.1) is 13.7 Å². The second kappa shape index (κ2) is 12.3. The molecule has 0 atom stereocenters. The van der Waals surface area contributed by atoms with E-state index < -0.39 is 0 Å². The second-order valence-electron chi connectivity index (χ2n) is 5.50. The number of hydrogen-bond acceptors (Lipinski definition) is 4. The molecule has 6 nitrogen and oxygen atoms in total. The fourth-order valence-corrected chi connectivity index (χ4v) is 2.33. The maximum atomic E-state index is 5.68. The lowest BCUT2D eigenvalue weighted by Gasteiger charge is -2.13. The molecule has 2 rings (SSSR count). The van der Waals surface area contributed by atoms with Crippen LogP contribution in [0.2, 0.25) is 0 Å². The first-order valence-corrected chi connectivity index (χ1v) is 8.34. The Bertz CT molecular complexity index is 677. The molecule has 0 saturated carbocycles. The highest BCUT2D eigenvalue weighted by molar-refractivity contribution is 14.0. The van der Waals surface area contributed by atoms with Crippen LogP contribution in [0.1, 0.15) is 11.1 Å². The highest BCUT2D eigenvalue weighted by Crippen LogP contribution is 2.16. The molecule has 7 heteroatoms. The van der Waals surface area contributed by atoms with E-state index in [2.05, 4.69) is 33.6 Å². The molecule has 26 heavy (non-hydrogen) atoms. The number of ether oxygens (including phenoxy) is 2. The van der Waals surface area contributed by atoms with Gasteiger partial charge in [0.25, 0.3) is 0 Å². The molecule has 1 heterocycles. The predicted molar refractivity (Wildman–Crippen MR) is 116 cm³/mol. The summed E-state index contributed by atoms with van der Waals surface area (Å²) in [5.41, 5.74) is 2.50. The second-order valence-corrected chi connectivity index (χ2v) is 5.50. The minimum atomic E-state index is 0. The third-order valence-electron chi connectivity index (χ3n) is 3.77. The van der Waals surface area contributed by atoms with Crippen molar-refractivity contribution in [2.75, 3.05) is 33.9 Å². The maximum absolute atomic E-state index is 5.68. The number of rotatable bonds is 8. The van der Waals surface area contributed by atoms with Crippen molar-refractivity contribution in [3.63, 3.8) is 0 Å². The zero-order valence-corrected chi connectivity index (χ0v) is 17.8. The SMILES string of the molecule is CN=C(NCCOc1ccc(OC)cc1)NCCc1ccncc1C.I. The number of halogens is 1. The van der Waals surface area contributed by atoms with Crippen LogP contribution in [0.4, 0.5) is 0 Å². The van der Waals surface area contributed by atoms with Crippen LogP contribution in [0.15, 0.2) is 47.7 Å². The van der Waals surface area contributed by atoms with Crippen molar-refractivity contribution in [1.82, 2.24) is 15.6 Å². The molecule has 142 valence electrons. The van der Waals surface area contributed by atoms with Crippen LogP contribution in [0.25, 0.3) is 0 Å². The van der Waals surface area contributed by atoms with E-state index in [1.807, 2.05) is 36.7 Å². The number of benzene rings is 1. The van der Waals surface area contributed by atoms with Crippen molar-refractivity contribution in [2.24, 2.45) is 4.99 Å². The van der Waals surface area contributed by atoms with Gasteiger partial charge in [0.2, 0.25) is 0 Å². The predicted octanol–water partition coefficient (Wildman–Crippen LogP) is 2.80. The molecule has 0 aliphatic carbocycles. The van der Waals surface area contributed by atoms with Crippen LogP contribution in [-0.2, 0) is 6.42 Å². The van der Waals surface area contributed by atoms with Gasteiger partial charge >= 0.3 is 0 Å². The smallest absolute Gasteiger partial charge is 0.191 e. The molecule has 1 aromatic carbocycles. The van der Waals surface area contributed by atoms with Gasteiger partial charge in [-0.2, -0.15) is 0 Å². The Morgan fingerprint density at radius 3 is 2.42 bits per heavy atom. The lowest BCUT2D eigenvalue weighted by Crippen LogP contribution is -2.40. The van der Waals surface area contributed by atoms with Crippen LogP contribution in [0, 0.1) is 6.92 Å². The first-order valence-electron chi connectivity index (χ1n) is 8.34. The molecule has 0 saturated heterocycles. The Morgan fingerprint density at radius 1 is 1.08 bits per heavy atom. The summed E-state index contributed by atoms with van der Waals surface area (Å²) in [4.78, 5) is 8.33. The van der Waals surface area contributed by atoms with Crippen LogP contribution in [-0.4, -0.2) is 44.8 Å². The van der Waals surface area contributed by atoms with Gasteiger partial charge in [-0.1, -0.05) is 0 Å². The van der Waals surface area contributed by atoms with Crippen molar-refractivity contribution in [2.45, 2.75) is 13.3 Å². The summed E-state index contributed by atoms with van der Waals surface area (Å²) in [6.07, 6.45) is 4.64. The van der Waals surface area contributed by atoms with Gasteiger partial charge in [-0.25, -0.2) is 0 Å². The first-order chi connectivity index (χ1) is 12.2. The lowest BCUT2D eigenvalue weighted by atomic mass is 10.1. The number of aliphatic imine (C=N–C) groups is 1. The zero-order chi connectivity index (χ0) is 17.9. The van der Waals surface area contributed by atoms with Crippen LogP contribution < -0.4 is 20.1 Å². The van der Waals surface area contributed by atoms with Crippen molar-refractivity contribution in [3.05, 3.63) is 53.9 Å². The number of methoxy groups -OCH3 is 1. The van der Waals surface area contributed by atoms with Crippen molar-refractivity contribution in [1.29, 1.82) is 0 Å². The first kappa shape index (κ1) is 22.0. The van der Waals surface area contributed by atoms with Gasteiger partial charge in [0, 0.05) is 26.0 Å². The minimum absolute atomic E-state index is 0. The normalized spacial score (nSPS) is 10.7. The number of pyridine rings is 1. The Balaban J connectivity index is 0.00000338. The average molecular weight is 470 g/mol. The summed E-state index contributed by atoms with van der Waals surface area (Å²) in [6.45, 7) is 4.10. The summed E-state index contributed by atoms with van der Waals surface area (Å²) in [6, 6.07) is 9.59. The summed E-state index contributed by atoms with van der Waals surface area (Å²) >= 11 is 0. The zero-order valence-electron chi connectivity index (χ0n) is 15.5. The standard InChI is InChI=1S/C19H26N4O2.HI/c1-15-14-21-10-8-16(15)9-11-22-19(20-2)23-12-13-25-18-6-4-17(24-3)5-7-18;/h4-8,10,14H,9,11-13H2,1-3H3,(H2,20,22,23);1H. The number of aryl methyl sites for hydroxylation is 1. The molecule has 0 spiro atoms. The Morgan fingerprint density at radius 2 is 1.77 bits per heavy atom. The number of nitrogens with zero attached hydrogens (tertiary/aromatic N) is 2. The molecule has 2 aromatic rings. The summed E-state index contributed by atoms with van der Waals surface area (Å²) in [5.74, 6) is 2.41. The fourth-order valence-electron chi connectivity index (χ4n) is 2.33. The monoisotopic (exact) mass is 470 g/mol.